The molecular weight excluding hydrogens is 347 g/mol. The molecule has 0 aliphatic heterocycles. The third-order valence-corrected chi connectivity index (χ3v) is 6.79. The molecule has 22 heavy (non-hydrogen) atoms. The van der Waals surface area contributed by atoms with E-state index in [2.05, 4.69) is 0 Å². The van der Waals surface area contributed by atoms with Crippen molar-refractivity contribution >= 4 is 31.4 Å². The molecule has 1 aromatic carbocycles. The van der Waals surface area contributed by atoms with Crippen molar-refractivity contribution in [1.82, 2.24) is 0 Å². The zero-order chi connectivity index (χ0) is 16.0. The van der Waals surface area contributed by atoms with E-state index in [0.29, 0.717) is 13.2 Å². The van der Waals surface area contributed by atoms with Crippen molar-refractivity contribution in [3.8, 4) is 0 Å². The van der Waals surface area contributed by atoms with E-state index in [1.165, 1.54) is 0 Å². The van der Waals surface area contributed by atoms with Crippen LogP contribution < -0.4 is 4.46 Å². The van der Waals surface area contributed by atoms with Crippen molar-refractivity contribution in [2.24, 2.45) is 5.92 Å². The van der Waals surface area contributed by atoms with E-state index in [4.69, 9.17) is 9.47 Å². The summed E-state index contributed by atoms with van der Waals surface area (Å²) in [5.74, 6) is -0.314. The normalized spacial score (nSPS) is 16.6. The van der Waals surface area contributed by atoms with E-state index < -0.39 is 4.31 Å². The molecule has 0 N–H and O–H groups in total. The Morgan fingerprint density at radius 1 is 1.14 bits per heavy atom. The molecule has 0 amide bonds. The second-order valence-electron chi connectivity index (χ2n) is 5.28. The Bertz CT molecular complexity index is 513. The molecule has 1 atom stereocenters. The van der Waals surface area contributed by atoms with Gasteiger partial charge in [0, 0.05) is 0 Å². The number of carbonyl (C=O) groups excluding carboxylic acids is 2. The summed E-state index contributed by atoms with van der Waals surface area (Å²) >= 11 is -0.158. The van der Waals surface area contributed by atoms with E-state index in [1.54, 1.807) is 13.8 Å². The predicted octanol–water partition coefficient (Wildman–Crippen LogP) is 2.10. The Morgan fingerprint density at radius 2 is 1.77 bits per heavy atom. The Labute approximate surface area is 137 Å². The molecule has 1 aromatic rings. The fourth-order valence-corrected chi connectivity index (χ4v) is 5.51. The number of hydrogen-bond donors (Lipinski definition) is 0. The fraction of sp³-hybridized carbons (Fsp3) is 0.529. The Kier molecular flexibility index (Phi) is 6.04. The van der Waals surface area contributed by atoms with E-state index in [0.717, 1.165) is 17.3 Å². The van der Waals surface area contributed by atoms with Gasteiger partial charge in [0.15, 0.2) is 0 Å². The van der Waals surface area contributed by atoms with Gasteiger partial charge >= 0.3 is 137 Å². The van der Waals surface area contributed by atoms with Gasteiger partial charge in [-0.1, -0.05) is 0 Å². The zero-order valence-corrected chi connectivity index (χ0v) is 14.8. The van der Waals surface area contributed by atoms with Crippen LogP contribution in [0.1, 0.15) is 33.1 Å². The van der Waals surface area contributed by atoms with Gasteiger partial charge in [0.1, 0.15) is 0 Å². The molecule has 4 nitrogen and oxygen atoms in total. The molecule has 0 bridgehead atoms. The fourth-order valence-electron chi connectivity index (χ4n) is 2.47. The molecule has 2 rings (SSSR count). The number of ether oxygens (including phenoxy) is 2. The number of rotatable bonds is 8. The van der Waals surface area contributed by atoms with Crippen LogP contribution >= 0.6 is 0 Å². The summed E-state index contributed by atoms with van der Waals surface area (Å²) in [6, 6.07) is 9.91. The SMILES string of the molecule is CCOC(=O)CC([Se]c1ccccc1)(C(=O)OCC)C1CC1. The van der Waals surface area contributed by atoms with Gasteiger partial charge in [0.25, 0.3) is 0 Å². The van der Waals surface area contributed by atoms with E-state index >= 15 is 0 Å². The monoisotopic (exact) mass is 370 g/mol. The molecule has 0 radical (unpaired) electrons. The first kappa shape index (κ1) is 17.0. The molecule has 120 valence electrons. The summed E-state index contributed by atoms with van der Waals surface area (Å²) in [6.07, 6.45) is 2.08. The quantitative estimate of drug-likeness (QED) is 0.520. The molecule has 1 unspecified atom stereocenters. The first-order valence-corrected chi connectivity index (χ1v) is 9.40. The molecule has 0 heterocycles. The van der Waals surface area contributed by atoms with Crippen molar-refractivity contribution in [1.29, 1.82) is 0 Å². The van der Waals surface area contributed by atoms with Crippen LogP contribution in [0.2, 0.25) is 4.31 Å². The van der Waals surface area contributed by atoms with Crippen molar-refractivity contribution in [3.05, 3.63) is 30.3 Å². The first-order valence-electron chi connectivity index (χ1n) is 7.69. The average molecular weight is 369 g/mol. The van der Waals surface area contributed by atoms with E-state index in [9.17, 15) is 9.59 Å². The minimum atomic E-state index is -0.726. The van der Waals surface area contributed by atoms with Gasteiger partial charge < -0.3 is 0 Å². The van der Waals surface area contributed by atoms with Crippen molar-refractivity contribution in [3.63, 3.8) is 0 Å². The van der Waals surface area contributed by atoms with Crippen molar-refractivity contribution in [2.45, 2.75) is 37.4 Å². The molecular formula is C17H22O4Se. The summed E-state index contributed by atoms with van der Waals surface area (Å²) < 4.78 is 10.8. The average Bonchev–Trinajstić information content (AvgIpc) is 3.33. The van der Waals surface area contributed by atoms with Crippen LogP contribution in [0.15, 0.2) is 30.3 Å². The summed E-state index contributed by atoms with van der Waals surface area (Å²) in [5.41, 5.74) is 0. The van der Waals surface area contributed by atoms with Gasteiger partial charge in [-0.3, -0.25) is 0 Å². The van der Waals surface area contributed by atoms with Crippen LogP contribution in [0.3, 0.4) is 0 Å². The molecule has 1 aliphatic carbocycles. The van der Waals surface area contributed by atoms with Crippen molar-refractivity contribution in [2.75, 3.05) is 13.2 Å². The van der Waals surface area contributed by atoms with Gasteiger partial charge in [-0.05, 0) is 0 Å². The maximum atomic E-state index is 12.7. The van der Waals surface area contributed by atoms with Crippen LogP contribution in [-0.4, -0.2) is 40.1 Å². The van der Waals surface area contributed by atoms with Crippen LogP contribution in [0.25, 0.3) is 0 Å². The van der Waals surface area contributed by atoms with E-state index in [1.807, 2.05) is 30.3 Å². The van der Waals surface area contributed by atoms with Gasteiger partial charge in [0.2, 0.25) is 0 Å². The summed E-state index contributed by atoms with van der Waals surface area (Å²) in [5, 5.41) is 0. The van der Waals surface area contributed by atoms with Crippen LogP contribution in [0, 0.1) is 5.92 Å². The number of benzene rings is 1. The third-order valence-electron chi connectivity index (χ3n) is 3.61. The molecule has 1 aliphatic rings. The van der Waals surface area contributed by atoms with E-state index in [-0.39, 0.29) is 39.2 Å². The van der Waals surface area contributed by atoms with Crippen LogP contribution in [0.5, 0.6) is 0 Å². The Balaban J connectivity index is 2.27. The van der Waals surface area contributed by atoms with Gasteiger partial charge in [-0.2, -0.15) is 0 Å². The molecule has 0 spiro atoms. The van der Waals surface area contributed by atoms with Crippen molar-refractivity contribution < 1.29 is 19.1 Å². The van der Waals surface area contributed by atoms with Gasteiger partial charge in [-0.25, -0.2) is 0 Å². The van der Waals surface area contributed by atoms with Crippen LogP contribution in [0.4, 0.5) is 0 Å². The minimum absolute atomic E-state index is 0.124. The molecule has 0 saturated heterocycles. The second-order valence-corrected chi connectivity index (χ2v) is 8.23. The standard InChI is InChI=1S/C17H22O4Se/c1-3-20-15(18)12-17(13-10-11-13,16(19)21-4-2)22-14-8-6-5-7-9-14/h5-9,13H,3-4,10-12H2,1-2H3. The maximum absolute atomic E-state index is 12.7. The zero-order valence-electron chi connectivity index (χ0n) is 13.0. The molecule has 0 aromatic heterocycles. The second kappa shape index (κ2) is 7.80. The molecule has 1 saturated carbocycles. The van der Waals surface area contributed by atoms with Gasteiger partial charge in [0.05, 0.1) is 0 Å². The number of esters is 2. The third kappa shape index (κ3) is 4.11. The molecule has 5 heteroatoms. The number of hydrogen-bond acceptors (Lipinski definition) is 4. The Hall–Kier alpha value is -1.32. The summed E-state index contributed by atoms with van der Waals surface area (Å²) in [4.78, 5) is 24.7. The van der Waals surface area contributed by atoms with Gasteiger partial charge in [-0.15, -0.1) is 0 Å². The van der Waals surface area contributed by atoms with Crippen LogP contribution in [-0.2, 0) is 19.1 Å². The topological polar surface area (TPSA) is 52.6 Å². The predicted molar refractivity (Wildman–Crippen MR) is 85.1 cm³/mol. The first-order chi connectivity index (χ1) is 10.6. The number of carbonyl (C=O) groups is 2. The molecule has 1 fully saturated rings. The summed E-state index contributed by atoms with van der Waals surface area (Å²) in [6.45, 7) is 4.25. The Morgan fingerprint density at radius 3 is 2.32 bits per heavy atom. The summed E-state index contributed by atoms with van der Waals surface area (Å²) in [7, 11) is 0.